The van der Waals surface area contributed by atoms with Crippen LogP contribution in [0, 0.1) is 6.92 Å². The lowest BCUT2D eigenvalue weighted by Gasteiger charge is -2.34. The number of carbonyl (C=O) groups is 1. The summed E-state index contributed by atoms with van der Waals surface area (Å²) in [5.41, 5.74) is 3.05. The fraction of sp³-hybridized carbons (Fsp3) is 0.350. The average Bonchev–Trinajstić information content (AvgIpc) is 2.63. The monoisotopic (exact) mass is 391 g/mol. The molecule has 1 aliphatic heterocycles. The van der Waals surface area contributed by atoms with Crippen molar-refractivity contribution in [3.05, 3.63) is 63.6 Å². The lowest BCUT2D eigenvalue weighted by Crippen LogP contribution is -2.50. The predicted octanol–water partition coefficient (Wildman–Crippen LogP) is 4.69. The number of carbonyl (C=O) groups excluding carboxylic acids is 1. The van der Waals surface area contributed by atoms with Crippen LogP contribution in [0.4, 0.5) is 10.5 Å². The van der Waals surface area contributed by atoms with Gasteiger partial charge in [0.15, 0.2) is 0 Å². The first-order valence-corrected chi connectivity index (χ1v) is 9.56. The second-order valence-corrected chi connectivity index (χ2v) is 7.40. The third kappa shape index (κ3) is 4.91. The number of hydrogen-bond acceptors (Lipinski definition) is 2. The number of aryl methyl sites for hydroxylation is 1. The summed E-state index contributed by atoms with van der Waals surface area (Å²) in [4.78, 5) is 16.7. The van der Waals surface area contributed by atoms with Crippen LogP contribution in [0.5, 0.6) is 0 Å². The van der Waals surface area contributed by atoms with Crippen molar-refractivity contribution in [2.45, 2.75) is 13.3 Å². The van der Waals surface area contributed by atoms with Gasteiger partial charge in [0.05, 0.1) is 0 Å². The Hall–Kier alpha value is -1.75. The second-order valence-electron chi connectivity index (χ2n) is 6.56. The molecule has 0 radical (unpaired) electrons. The van der Waals surface area contributed by atoms with Crippen molar-refractivity contribution in [2.24, 2.45) is 0 Å². The first-order chi connectivity index (χ1) is 12.5. The summed E-state index contributed by atoms with van der Waals surface area (Å²) in [5.74, 6) is 0. The van der Waals surface area contributed by atoms with Crippen molar-refractivity contribution in [1.29, 1.82) is 0 Å². The molecule has 0 unspecified atom stereocenters. The Labute approximate surface area is 164 Å². The van der Waals surface area contributed by atoms with E-state index < -0.39 is 0 Å². The SMILES string of the molecule is Cc1ccccc1NC(=O)N1CCN(CCc2ccc(Cl)cc2Cl)CC1. The minimum Gasteiger partial charge on any atom is -0.322 e. The summed E-state index contributed by atoms with van der Waals surface area (Å²) in [6.45, 7) is 6.11. The average molecular weight is 392 g/mol. The second kappa shape index (κ2) is 8.76. The maximum Gasteiger partial charge on any atom is 0.321 e. The van der Waals surface area contributed by atoms with Crippen molar-refractivity contribution >= 4 is 34.9 Å². The number of nitrogens with one attached hydrogen (secondary N) is 1. The Bertz CT molecular complexity index is 773. The molecule has 1 N–H and O–H groups in total. The van der Waals surface area contributed by atoms with Gasteiger partial charge in [0.2, 0.25) is 0 Å². The molecular formula is C20H23Cl2N3O. The molecule has 2 amide bonds. The molecule has 1 saturated heterocycles. The Balaban J connectivity index is 1.46. The Morgan fingerprint density at radius 2 is 1.81 bits per heavy atom. The van der Waals surface area contributed by atoms with E-state index >= 15 is 0 Å². The molecule has 3 rings (SSSR count). The number of halogens is 2. The van der Waals surface area contributed by atoms with E-state index in [9.17, 15) is 4.79 Å². The van der Waals surface area contributed by atoms with Gasteiger partial charge in [-0.25, -0.2) is 4.79 Å². The molecule has 26 heavy (non-hydrogen) atoms. The fourth-order valence-electron chi connectivity index (χ4n) is 3.08. The number of piperazine rings is 1. The zero-order valence-electron chi connectivity index (χ0n) is 14.8. The summed E-state index contributed by atoms with van der Waals surface area (Å²) >= 11 is 12.2. The van der Waals surface area contributed by atoms with Gasteiger partial charge in [-0.3, -0.25) is 4.90 Å². The van der Waals surface area contributed by atoms with E-state index in [0.29, 0.717) is 10.0 Å². The molecule has 1 fully saturated rings. The third-order valence-electron chi connectivity index (χ3n) is 4.76. The zero-order valence-corrected chi connectivity index (χ0v) is 16.4. The Morgan fingerprint density at radius 3 is 2.50 bits per heavy atom. The van der Waals surface area contributed by atoms with Gasteiger partial charge in [-0.1, -0.05) is 47.5 Å². The van der Waals surface area contributed by atoms with Crippen LogP contribution in [-0.2, 0) is 6.42 Å². The number of anilines is 1. The van der Waals surface area contributed by atoms with Crippen LogP contribution in [0.25, 0.3) is 0 Å². The van der Waals surface area contributed by atoms with Gasteiger partial charge in [-0.15, -0.1) is 0 Å². The van der Waals surface area contributed by atoms with Crippen molar-refractivity contribution in [3.63, 3.8) is 0 Å². The summed E-state index contributed by atoms with van der Waals surface area (Å²) in [6.07, 6.45) is 0.880. The molecule has 0 aliphatic carbocycles. The highest BCUT2D eigenvalue weighted by atomic mass is 35.5. The maximum atomic E-state index is 12.4. The van der Waals surface area contributed by atoms with Crippen molar-refractivity contribution in [2.75, 3.05) is 38.0 Å². The van der Waals surface area contributed by atoms with Gasteiger partial charge in [0, 0.05) is 48.5 Å². The zero-order chi connectivity index (χ0) is 18.5. The summed E-state index contributed by atoms with van der Waals surface area (Å²) in [6, 6.07) is 13.4. The molecular weight excluding hydrogens is 369 g/mol. The molecule has 0 spiro atoms. The predicted molar refractivity (Wildman–Crippen MR) is 108 cm³/mol. The molecule has 4 nitrogen and oxygen atoms in total. The lowest BCUT2D eigenvalue weighted by atomic mass is 10.1. The molecule has 0 bridgehead atoms. The summed E-state index contributed by atoms with van der Waals surface area (Å²) < 4.78 is 0. The molecule has 6 heteroatoms. The van der Waals surface area contributed by atoms with E-state index in [2.05, 4.69) is 10.2 Å². The van der Waals surface area contributed by atoms with Gasteiger partial charge < -0.3 is 10.2 Å². The van der Waals surface area contributed by atoms with Crippen molar-refractivity contribution in [3.8, 4) is 0 Å². The quantitative estimate of drug-likeness (QED) is 0.819. The Kier molecular flexibility index (Phi) is 6.41. The van der Waals surface area contributed by atoms with Crippen molar-refractivity contribution < 1.29 is 4.79 Å². The fourth-order valence-corrected chi connectivity index (χ4v) is 3.59. The number of hydrogen-bond donors (Lipinski definition) is 1. The van der Waals surface area contributed by atoms with E-state index in [0.717, 1.165) is 56.0 Å². The van der Waals surface area contributed by atoms with E-state index in [1.165, 1.54) is 0 Å². The summed E-state index contributed by atoms with van der Waals surface area (Å²) in [5, 5.41) is 4.38. The van der Waals surface area contributed by atoms with Crippen LogP contribution in [0.2, 0.25) is 10.0 Å². The highest BCUT2D eigenvalue weighted by Gasteiger charge is 2.21. The van der Waals surface area contributed by atoms with Gasteiger partial charge in [0.1, 0.15) is 0 Å². The van der Waals surface area contributed by atoms with Gasteiger partial charge in [-0.2, -0.15) is 0 Å². The number of para-hydroxylation sites is 1. The number of benzene rings is 2. The lowest BCUT2D eigenvalue weighted by molar-refractivity contribution is 0.148. The van der Waals surface area contributed by atoms with Gasteiger partial charge >= 0.3 is 6.03 Å². The number of nitrogens with zero attached hydrogens (tertiary/aromatic N) is 2. The van der Waals surface area contributed by atoms with E-state index in [1.807, 2.05) is 48.2 Å². The highest BCUT2D eigenvalue weighted by Crippen LogP contribution is 2.22. The topological polar surface area (TPSA) is 35.6 Å². The molecule has 2 aromatic carbocycles. The molecule has 0 atom stereocenters. The minimum atomic E-state index is -0.0281. The molecule has 0 saturated carbocycles. The molecule has 1 aliphatic rings. The van der Waals surface area contributed by atoms with Crippen LogP contribution in [0.15, 0.2) is 42.5 Å². The van der Waals surface area contributed by atoms with Crippen molar-refractivity contribution in [1.82, 2.24) is 9.80 Å². The normalized spacial score (nSPS) is 15.1. The van der Waals surface area contributed by atoms with Crippen LogP contribution >= 0.6 is 23.2 Å². The molecule has 2 aromatic rings. The maximum absolute atomic E-state index is 12.4. The molecule has 0 aromatic heterocycles. The van der Waals surface area contributed by atoms with Crippen LogP contribution in [-0.4, -0.2) is 48.6 Å². The molecule has 1 heterocycles. The third-order valence-corrected chi connectivity index (χ3v) is 5.35. The highest BCUT2D eigenvalue weighted by molar-refractivity contribution is 6.35. The van der Waals surface area contributed by atoms with Crippen LogP contribution < -0.4 is 5.32 Å². The smallest absolute Gasteiger partial charge is 0.321 e. The Morgan fingerprint density at radius 1 is 1.08 bits per heavy atom. The van der Waals surface area contributed by atoms with Gasteiger partial charge in [-0.05, 0) is 42.7 Å². The number of rotatable bonds is 4. The number of amides is 2. The van der Waals surface area contributed by atoms with E-state index in [-0.39, 0.29) is 6.03 Å². The summed E-state index contributed by atoms with van der Waals surface area (Å²) in [7, 11) is 0. The first-order valence-electron chi connectivity index (χ1n) is 8.81. The first kappa shape index (κ1) is 19.0. The van der Waals surface area contributed by atoms with E-state index in [1.54, 1.807) is 6.07 Å². The van der Waals surface area contributed by atoms with Gasteiger partial charge in [0.25, 0.3) is 0 Å². The molecule has 138 valence electrons. The van der Waals surface area contributed by atoms with E-state index in [4.69, 9.17) is 23.2 Å². The number of urea groups is 1. The van der Waals surface area contributed by atoms with Crippen LogP contribution in [0.3, 0.4) is 0 Å². The minimum absolute atomic E-state index is 0.0281. The van der Waals surface area contributed by atoms with Crippen LogP contribution in [0.1, 0.15) is 11.1 Å². The largest absolute Gasteiger partial charge is 0.322 e. The standard InChI is InChI=1S/C20H23Cl2N3O/c1-15-4-2-3-5-19(15)23-20(26)25-12-10-24(11-13-25)9-8-16-6-7-17(21)14-18(16)22/h2-7,14H,8-13H2,1H3,(H,23,26).